The fourth-order valence-corrected chi connectivity index (χ4v) is 2.05. The molecule has 3 rings (SSSR count). The van der Waals surface area contributed by atoms with Crippen molar-refractivity contribution < 1.29 is 18.7 Å². The molecular weight excluding hydrogens is 358 g/mol. The highest BCUT2D eigenvalue weighted by molar-refractivity contribution is 5.72. The molecule has 0 bridgehead atoms. The van der Waals surface area contributed by atoms with Gasteiger partial charge in [0.25, 0.3) is 0 Å². The number of anilines is 5. The largest absolute Gasteiger partial charge is 0.480 e. The van der Waals surface area contributed by atoms with E-state index in [9.17, 15) is 13.6 Å². The highest BCUT2D eigenvalue weighted by Crippen LogP contribution is 2.19. The van der Waals surface area contributed by atoms with Crippen molar-refractivity contribution in [2.45, 2.75) is 0 Å². The number of carboxylic acids is 1. The van der Waals surface area contributed by atoms with Crippen LogP contribution in [0.4, 0.5) is 38.0 Å². The first kappa shape index (κ1) is 18.0. The standard InChI is InChI=1S/C17H14F2N6O2/c18-10-1-5-12(6-2-10)21-16-23-15(20-9-14(26)27)24-17(25-16)22-13-7-3-11(19)4-8-13/h1-8H,9H2,(H,26,27)(H3,20,21,22,23,24,25). The van der Waals surface area contributed by atoms with Crippen molar-refractivity contribution in [3.8, 4) is 0 Å². The van der Waals surface area contributed by atoms with Gasteiger partial charge in [0.15, 0.2) is 0 Å². The second-order valence-electron chi connectivity index (χ2n) is 5.32. The quantitative estimate of drug-likeness (QED) is 0.500. The van der Waals surface area contributed by atoms with Gasteiger partial charge in [0, 0.05) is 11.4 Å². The summed E-state index contributed by atoms with van der Waals surface area (Å²) in [4.78, 5) is 23.1. The highest BCUT2D eigenvalue weighted by Gasteiger charge is 2.09. The maximum atomic E-state index is 13.0. The van der Waals surface area contributed by atoms with Crippen molar-refractivity contribution in [2.24, 2.45) is 0 Å². The normalized spacial score (nSPS) is 10.3. The second kappa shape index (κ2) is 8.04. The van der Waals surface area contributed by atoms with Crippen LogP contribution in [0.2, 0.25) is 0 Å². The van der Waals surface area contributed by atoms with Crippen LogP contribution in [0.5, 0.6) is 0 Å². The molecule has 1 aromatic heterocycles. The van der Waals surface area contributed by atoms with E-state index in [2.05, 4.69) is 30.9 Å². The maximum Gasteiger partial charge on any atom is 0.322 e. The van der Waals surface area contributed by atoms with Crippen LogP contribution in [-0.4, -0.2) is 32.6 Å². The summed E-state index contributed by atoms with van der Waals surface area (Å²) in [6, 6.07) is 11.1. The fourth-order valence-electron chi connectivity index (χ4n) is 2.05. The predicted molar refractivity (Wildman–Crippen MR) is 95.3 cm³/mol. The summed E-state index contributed by atoms with van der Waals surface area (Å²) in [5.41, 5.74) is 1.05. The van der Waals surface area contributed by atoms with E-state index in [-0.39, 0.29) is 17.8 Å². The third kappa shape index (κ3) is 5.33. The summed E-state index contributed by atoms with van der Waals surface area (Å²) in [5.74, 6) is -1.64. The van der Waals surface area contributed by atoms with E-state index in [4.69, 9.17) is 5.11 Å². The van der Waals surface area contributed by atoms with Gasteiger partial charge in [0.2, 0.25) is 17.8 Å². The van der Waals surface area contributed by atoms with Crippen molar-refractivity contribution in [3.63, 3.8) is 0 Å². The molecular formula is C17H14F2N6O2. The van der Waals surface area contributed by atoms with Gasteiger partial charge in [0.1, 0.15) is 18.2 Å². The van der Waals surface area contributed by atoms with Crippen LogP contribution < -0.4 is 16.0 Å². The number of aliphatic carboxylic acids is 1. The smallest absolute Gasteiger partial charge is 0.322 e. The first-order valence-electron chi connectivity index (χ1n) is 7.75. The SMILES string of the molecule is O=C(O)CNc1nc(Nc2ccc(F)cc2)nc(Nc2ccc(F)cc2)n1. The minimum atomic E-state index is -1.09. The van der Waals surface area contributed by atoms with Gasteiger partial charge in [-0.15, -0.1) is 0 Å². The topological polar surface area (TPSA) is 112 Å². The molecule has 1 heterocycles. The average Bonchev–Trinajstić information content (AvgIpc) is 2.64. The third-order valence-electron chi connectivity index (χ3n) is 3.23. The molecule has 8 nitrogen and oxygen atoms in total. The predicted octanol–water partition coefficient (Wildman–Crippen LogP) is 3.13. The van der Waals surface area contributed by atoms with Crippen LogP contribution in [-0.2, 0) is 4.79 Å². The fraction of sp³-hybridized carbons (Fsp3) is 0.0588. The van der Waals surface area contributed by atoms with Gasteiger partial charge < -0.3 is 21.1 Å². The van der Waals surface area contributed by atoms with Gasteiger partial charge in [-0.3, -0.25) is 4.79 Å². The van der Waals surface area contributed by atoms with Gasteiger partial charge in [-0.1, -0.05) is 0 Å². The van der Waals surface area contributed by atoms with Crippen molar-refractivity contribution in [3.05, 3.63) is 60.2 Å². The maximum absolute atomic E-state index is 13.0. The zero-order valence-corrected chi connectivity index (χ0v) is 13.8. The molecule has 10 heteroatoms. The number of halogens is 2. The van der Waals surface area contributed by atoms with Crippen LogP contribution in [0.25, 0.3) is 0 Å². The van der Waals surface area contributed by atoms with Crippen LogP contribution in [0.1, 0.15) is 0 Å². The van der Waals surface area contributed by atoms with Crippen LogP contribution in [0.3, 0.4) is 0 Å². The van der Waals surface area contributed by atoms with E-state index in [1.54, 1.807) is 0 Å². The Balaban J connectivity index is 1.86. The Bertz CT molecular complexity index is 869. The monoisotopic (exact) mass is 372 g/mol. The molecule has 0 unspecified atom stereocenters. The van der Waals surface area contributed by atoms with E-state index < -0.39 is 24.1 Å². The lowest BCUT2D eigenvalue weighted by molar-refractivity contribution is -0.134. The molecule has 0 spiro atoms. The summed E-state index contributed by atoms with van der Waals surface area (Å²) in [6.07, 6.45) is 0. The van der Waals surface area contributed by atoms with E-state index in [0.717, 1.165) is 0 Å². The number of nitrogens with zero attached hydrogens (tertiary/aromatic N) is 3. The Morgan fingerprint density at radius 3 is 1.59 bits per heavy atom. The number of rotatable bonds is 7. The summed E-state index contributed by atoms with van der Waals surface area (Å²) >= 11 is 0. The molecule has 138 valence electrons. The van der Waals surface area contributed by atoms with E-state index >= 15 is 0 Å². The Kier molecular flexibility index (Phi) is 5.36. The van der Waals surface area contributed by atoms with Crippen molar-refractivity contribution in [2.75, 3.05) is 22.5 Å². The van der Waals surface area contributed by atoms with Crippen molar-refractivity contribution in [1.29, 1.82) is 0 Å². The molecule has 0 fully saturated rings. The van der Waals surface area contributed by atoms with E-state index in [0.29, 0.717) is 11.4 Å². The molecule has 0 atom stereocenters. The molecule has 2 aromatic carbocycles. The van der Waals surface area contributed by atoms with Gasteiger partial charge in [-0.05, 0) is 48.5 Å². The Labute approximate surface area is 152 Å². The number of aromatic nitrogens is 3. The number of carboxylic acid groups (broad SMARTS) is 1. The van der Waals surface area contributed by atoms with Crippen LogP contribution in [0, 0.1) is 11.6 Å². The second-order valence-corrected chi connectivity index (χ2v) is 5.32. The minimum absolute atomic E-state index is 0.0154. The van der Waals surface area contributed by atoms with E-state index in [1.165, 1.54) is 48.5 Å². The number of benzene rings is 2. The Morgan fingerprint density at radius 2 is 1.19 bits per heavy atom. The van der Waals surface area contributed by atoms with E-state index in [1.807, 2.05) is 0 Å². The zero-order valence-electron chi connectivity index (χ0n) is 13.8. The number of hydrogen-bond donors (Lipinski definition) is 4. The first-order chi connectivity index (χ1) is 13.0. The molecule has 27 heavy (non-hydrogen) atoms. The number of nitrogens with one attached hydrogen (secondary N) is 3. The zero-order chi connectivity index (χ0) is 19.2. The summed E-state index contributed by atoms with van der Waals surface area (Å²) in [7, 11) is 0. The molecule has 0 aliphatic carbocycles. The molecule has 0 aliphatic heterocycles. The number of carbonyl (C=O) groups is 1. The van der Waals surface area contributed by atoms with Gasteiger partial charge >= 0.3 is 5.97 Å². The first-order valence-corrected chi connectivity index (χ1v) is 7.75. The molecule has 0 radical (unpaired) electrons. The molecule has 4 N–H and O–H groups in total. The molecule has 0 amide bonds. The third-order valence-corrected chi connectivity index (χ3v) is 3.23. The van der Waals surface area contributed by atoms with Crippen molar-refractivity contribution in [1.82, 2.24) is 15.0 Å². The molecule has 3 aromatic rings. The summed E-state index contributed by atoms with van der Waals surface area (Å²) in [6.45, 7) is -0.393. The average molecular weight is 372 g/mol. The molecule has 0 saturated heterocycles. The number of hydrogen-bond acceptors (Lipinski definition) is 7. The molecule has 0 aliphatic rings. The van der Waals surface area contributed by atoms with Gasteiger partial charge in [-0.25, -0.2) is 8.78 Å². The summed E-state index contributed by atoms with van der Waals surface area (Å²) in [5, 5.41) is 17.1. The lowest BCUT2D eigenvalue weighted by Crippen LogP contribution is -2.16. The summed E-state index contributed by atoms with van der Waals surface area (Å²) < 4.78 is 26.1. The highest BCUT2D eigenvalue weighted by atomic mass is 19.1. The van der Waals surface area contributed by atoms with Crippen molar-refractivity contribution >= 4 is 35.2 Å². The Morgan fingerprint density at radius 1 is 0.778 bits per heavy atom. The molecule has 0 saturated carbocycles. The van der Waals surface area contributed by atoms with Gasteiger partial charge in [0.05, 0.1) is 0 Å². The van der Waals surface area contributed by atoms with Crippen LogP contribution >= 0.6 is 0 Å². The Hall–Kier alpha value is -3.82. The lowest BCUT2D eigenvalue weighted by atomic mass is 10.3. The lowest BCUT2D eigenvalue weighted by Gasteiger charge is -2.11. The van der Waals surface area contributed by atoms with Crippen LogP contribution in [0.15, 0.2) is 48.5 Å². The van der Waals surface area contributed by atoms with Gasteiger partial charge in [-0.2, -0.15) is 15.0 Å². The minimum Gasteiger partial charge on any atom is -0.480 e.